The van der Waals surface area contributed by atoms with Crippen molar-refractivity contribution >= 4 is 28.5 Å². The van der Waals surface area contributed by atoms with Gasteiger partial charge in [0.15, 0.2) is 16.9 Å². The Hall–Kier alpha value is -4.30. The molecule has 0 amide bonds. The van der Waals surface area contributed by atoms with Crippen molar-refractivity contribution in [2.75, 3.05) is 0 Å². The molecular weight excluding hydrogens is 471 g/mol. The van der Waals surface area contributed by atoms with Crippen LogP contribution in [0.15, 0.2) is 94.8 Å². The summed E-state index contributed by atoms with van der Waals surface area (Å²) < 4.78 is 17.3. The van der Waals surface area contributed by atoms with E-state index in [-0.39, 0.29) is 30.0 Å². The van der Waals surface area contributed by atoms with Gasteiger partial charge >= 0.3 is 5.69 Å². The van der Waals surface area contributed by atoms with Crippen LogP contribution in [-0.2, 0) is 13.1 Å². The van der Waals surface area contributed by atoms with Gasteiger partial charge in [0.2, 0.25) is 0 Å². The first-order valence-corrected chi connectivity index (χ1v) is 11.1. The van der Waals surface area contributed by atoms with E-state index in [0.29, 0.717) is 16.3 Å². The van der Waals surface area contributed by atoms with E-state index in [1.807, 2.05) is 18.2 Å². The Morgan fingerprint density at radius 3 is 2.29 bits per heavy atom. The minimum atomic E-state index is -0.618. The molecule has 0 N–H and O–H groups in total. The maximum absolute atomic E-state index is 13.6. The third-order valence-electron chi connectivity index (χ3n) is 5.65. The third-order valence-corrected chi connectivity index (χ3v) is 5.90. The Kier molecular flexibility index (Phi) is 5.88. The van der Waals surface area contributed by atoms with Gasteiger partial charge in [-0.15, -0.1) is 0 Å². The zero-order valence-electron chi connectivity index (χ0n) is 18.3. The Morgan fingerprint density at radius 2 is 1.60 bits per heavy atom. The van der Waals surface area contributed by atoms with E-state index in [1.165, 1.54) is 39.7 Å². The van der Waals surface area contributed by atoms with Crippen LogP contribution < -0.4 is 11.2 Å². The predicted octanol–water partition coefficient (Wildman–Crippen LogP) is 4.07. The van der Waals surface area contributed by atoms with Gasteiger partial charge in [-0.2, -0.15) is 0 Å². The summed E-state index contributed by atoms with van der Waals surface area (Å²) in [7, 11) is 0. The lowest BCUT2D eigenvalue weighted by molar-refractivity contribution is 0.0973. The highest BCUT2D eigenvalue weighted by Crippen LogP contribution is 2.16. The molecule has 5 aromatic rings. The molecule has 0 aliphatic heterocycles. The van der Waals surface area contributed by atoms with Crippen LogP contribution in [0.4, 0.5) is 4.39 Å². The number of hydrogen-bond acceptors (Lipinski definition) is 4. The average molecular weight is 489 g/mol. The molecule has 0 saturated heterocycles. The normalized spacial score (nSPS) is 11.1. The van der Waals surface area contributed by atoms with Crippen LogP contribution in [0, 0.1) is 5.82 Å². The SMILES string of the molecule is O=C(Cn1cnc2c1c(=O)n(Cc1ccccc1)c(=O)n2-c1ccc(F)cc1)c1ccc(Cl)cc1. The fourth-order valence-electron chi connectivity index (χ4n) is 3.91. The molecule has 0 aliphatic carbocycles. The summed E-state index contributed by atoms with van der Waals surface area (Å²) in [6, 6.07) is 20.8. The van der Waals surface area contributed by atoms with Gasteiger partial charge in [0.25, 0.3) is 5.56 Å². The van der Waals surface area contributed by atoms with Crippen molar-refractivity contribution in [1.82, 2.24) is 18.7 Å². The first kappa shape index (κ1) is 22.5. The van der Waals surface area contributed by atoms with Crippen molar-refractivity contribution in [1.29, 1.82) is 0 Å². The number of nitrogens with zero attached hydrogens (tertiary/aromatic N) is 4. The van der Waals surface area contributed by atoms with Crippen molar-refractivity contribution in [3.63, 3.8) is 0 Å². The molecule has 0 spiro atoms. The monoisotopic (exact) mass is 488 g/mol. The smallest absolute Gasteiger partial charge is 0.317 e. The molecule has 35 heavy (non-hydrogen) atoms. The molecular formula is C26H18ClFN4O3. The second kappa shape index (κ2) is 9.15. The highest BCUT2D eigenvalue weighted by Gasteiger charge is 2.21. The summed E-state index contributed by atoms with van der Waals surface area (Å²) in [6.07, 6.45) is 1.35. The molecule has 0 radical (unpaired) electrons. The minimum absolute atomic E-state index is 0.0198. The number of imidazole rings is 1. The van der Waals surface area contributed by atoms with Crippen molar-refractivity contribution in [2.24, 2.45) is 0 Å². The Labute approximate surface area is 203 Å². The van der Waals surface area contributed by atoms with E-state index in [0.717, 1.165) is 10.1 Å². The second-order valence-corrected chi connectivity index (χ2v) is 8.38. The van der Waals surface area contributed by atoms with Crippen LogP contribution in [0.2, 0.25) is 5.02 Å². The molecule has 0 bridgehead atoms. The first-order chi connectivity index (χ1) is 16.9. The standard InChI is InChI=1S/C26H18ClFN4O3/c27-19-8-6-18(7-9-19)22(33)15-30-16-29-24-23(30)25(34)31(14-17-4-2-1-3-5-17)26(35)32(24)21-12-10-20(28)11-13-21/h1-13,16H,14-15H2. The number of hydrogen-bond donors (Lipinski definition) is 0. The van der Waals surface area contributed by atoms with Gasteiger partial charge in [-0.3, -0.25) is 14.2 Å². The summed E-state index contributed by atoms with van der Waals surface area (Å²) in [6.45, 7) is -0.147. The molecule has 0 atom stereocenters. The number of Topliss-reactive ketones (excluding diaryl/α,β-unsaturated/α-hetero) is 1. The number of benzene rings is 3. The maximum atomic E-state index is 13.6. The minimum Gasteiger partial charge on any atom is -0.317 e. The molecule has 2 aromatic heterocycles. The lowest BCUT2D eigenvalue weighted by Gasteiger charge is -2.13. The van der Waals surface area contributed by atoms with Crippen molar-refractivity contribution in [3.8, 4) is 5.69 Å². The van der Waals surface area contributed by atoms with Crippen LogP contribution in [0.3, 0.4) is 0 Å². The third kappa shape index (κ3) is 4.31. The molecule has 0 aliphatic rings. The predicted molar refractivity (Wildman–Crippen MR) is 131 cm³/mol. The Balaban J connectivity index is 1.70. The molecule has 5 rings (SSSR count). The maximum Gasteiger partial charge on any atom is 0.337 e. The van der Waals surface area contributed by atoms with Crippen LogP contribution in [0.5, 0.6) is 0 Å². The van der Waals surface area contributed by atoms with Crippen LogP contribution >= 0.6 is 11.6 Å². The zero-order chi connectivity index (χ0) is 24.5. The molecule has 0 unspecified atom stereocenters. The van der Waals surface area contributed by atoms with E-state index < -0.39 is 17.1 Å². The first-order valence-electron chi connectivity index (χ1n) is 10.7. The second-order valence-electron chi connectivity index (χ2n) is 7.95. The molecule has 174 valence electrons. The van der Waals surface area contributed by atoms with Gasteiger partial charge < -0.3 is 4.57 Å². The summed E-state index contributed by atoms with van der Waals surface area (Å²) in [4.78, 5) is 44.2. The number of ketones is 1. The van der Waals surface area contributed by atoms with E-state index in [4.69, 9.17) is 11.6 Å². The summed E-state index contributed by atoms with van der Waals surface area (Å²) in [5, 5.41) is 0.502. The molecule has 0 saturated carbocycles. The summed E-state index contributed by atoms with van der Waals surface area (Å²) >= 11 is 5.92. The summed E-state index contributed by atoms with van der Waals surface area (Å²) in [5.41, 5.74) is 0.498. The van der Waals surface area contributed by atoms with Gasteiger partial charge in [-0.1, -0.05) is 41.9 Å². The number of carbonyl (C=O) groups excluding carboxylic acids is 1. The molecule has 9 heteroatoms. The van der Waals surface area contributed by atoms with Gasteiger partial charge in [-0.25, -0.2) is 18.7 Å². The largest absolute Gasteiger partial charge is 0.337 e. The van der Waals surface area contributed by atoms with Gasteiger partial charge in [-0.05, 0) is 54.1 Å². The molecule has 0 fully saturated rings. The van der Waals surface area contributed by atoms with Crippen molar-refractivity contribution in [2.45, 2.75) is 13.1 Å². The Morgan fingerprint density at radius 1 is 0.914 bits per heavy atom. The quantitative estimate of drug-likeness (QED) is 0.337. The molecule has 7 nitrogen and oxygen atoms in total. The Bertz CT molecular complexity index is 1650. The fraction of sp³-hybridized carbons (Fsp3) is 0.0769. The highest BCUT2D eigenvalue weighted by atomic mass is 35.5. The number of halogens is 2. The van der Waals surface area contributed by atoms with Gasteiger partial charge in [0.05, 0.1) is 25.1 Å². The average Bonchev–Trinajstić information content (AvgIpc) is 3.27. The van der Waals surface area contributed by atoms with Crippen molar-refractivity contribution in [3.05, 3.63) is 128 Å². The number of rotatable bonds is 6. The fourth-order valence-corrected chi connectivity index (χ4v) is 4.04. The molecule has 2 heterocycles. The zero-order valence-corrected chi connectivity index (χ0v) is 19.0. The van der Waals surface area contributed by atoms with Crippen LogP contribution in [-0.4, -0.2) is 24.5 Å². The van der Waals surface area contributed by atoms with Crippen molar-refractivity contribution < 1.29 is 9.18 Å². The summed E-state index contributed by atoms with van der Waals surface area (Å²) in [5.74, 6) is -0.718. The number of fused-ring (bicyclic) bond motifs is 1. The number of aromatic nitrogens is 4. The lowest BCUT2D eigenvalue weighted by atomic mass is 10.1. The van der Waals surface area contributed by atoms with E-state index >= 15 is 0 Å². The van der Waals surface area contributed by atoms with E-state index in [2.05, 4.69) is 4.98 Å². The number of carbonyl (C=O) groups is 1. The van der Waals surface area contributed by atoms with E-state index in [1.54, 1.807) is 36.4 Å². The lowest BCUT2D eigenvalue weighted by Crippen LogP contribution is -2.40. The van der Waals surface area contributed by atoms with Gasteiger partial charge in [0.1, 0.15) is 5.82 Å². The topological polar surface area (TPSA) is 78.9 Å². The van der Waals surface area contributed by atoms with Gasteiger partial charge in [0, 0.05) is 10.6 Å². The highest BCUT2D eigenvalue weighted by molar-refractivity contribution is 6.30. The van der Waals surface area contributed by atoms with Crippen LogP contribution in [0.1, 0.15) is 15.9 Å². The van der Waals surface area contributed by atoms with E-state index in [9.17, 15) is 18.8 Å². The molecule has 3 aromatic carbocycles. The van der Waals surface area contributed by atoms with Crippen LogP contribution in [0.25, 0.3) is 16.9 Å².